The van der Waals surface area contributed by atoms with Crippen molar-refractivity contribution in [1.29, 1.82) is 0 Å². The third-order valence-corrected chi connectivity index (χ3v) is 3.47. The van der Waals surface area contributed by atoms with Gasteiger partial charge < -0.3 is 5.11 Å². The lowest BCUT2D eigenvalue weighted by Gasteiger charge is -2.04. The van der Waals surface area contributed by atoms with E-state index in [1.807, 2.05) is 0 Å². The van der Waals surface area contributed by atoms with Crippen molar-refractivity contribution in [3.8, 4) is 5.75 Å². The van der Waals surface area contributed by atoms with Crippen molar-refractivity contribution in [2.45, 2.75) is 58.3 Å². The summed E-state index contributed by atoms with van der Waals surface area (Å²) in [5.41, 5.74) is 1.21. The molecule has 0 saturated heterocycles. The Morgan fingerprint density at radius 2 is 1.90 bits per heavy atom. The molecule has 3 nitrogen and oxygen atoms in total. The zero-order valence-corrected chi connectivity index (χ0v) is 12.2. The van der Waals surface area contributed by atoms with Gasteiger partial charge in [-0.3, -0.25) is 9.59 Å². The van der Waals surface area contributed by atoms with E-state index in [9.17, 15) is 14.7 Å². The van der Waals surface area contributed by atoms with Crippen LogP contribution in [-0.4, -0.2) is 17.2 Å². The molecule has 0 aliphatic carbocycles. The molecular weight excluding hydrogens is 252 g/mol. The molecule has 0 radical (unpaired) electrons. The number of aromatic hydroxyl groups is 1. The highest BCUT2D eigenvalue weighted by molar-refractivity contribution is 5.80. The third-order valence-electron chi connectivity index (χ3n) is 3.47. The minimum atomic E-state index is -0.00833. The highest BCUT2D eigenvalue weighted by atomic mass is 16.3. The van der Waals surface area contributed by atoms with Crippen LogP contribution in [0.15, 0.2) is 18.2 Å². The summed E-state index contributed by atoms with van der Waals surface area (Å²) in [4.78, 5) is 22.5. The van der Waals surface area contributed by atoms with Gasteiger partial charge in [0.15, 0.2) is 6.29 Å². The molecule has 0 fully saturated rings. The average molecular weight is 276 g/mol. The Balaban J connectivity index is 2.28. The number of hydrogen-bond donors (Lipinski definition) is 1. The average Bonchev–Trinajstić information content (AvgIpc) is 2.46. The zero-order chi connectivity index (χ0) is 14.8. The number of Topliss-reactive ketones (excluding diaryl/α,β-unsaturated/α-hetero) is 1. The number of benzene rings is 1. The lowest BCUT2D eigenvalue weighted by molar-refractivity contribution is -0.119. The molecule has 0 unspecified atom stereocenters. The summed E-state index contributed by atoms with van der Waals surface area (Å²) in [6.45, 7) is 2.18. The zero-order valence-electron chi connectivity index (χ0n) is 12.2. The molecule has 0 bridgehead atoms. The number of phenols is 1. The SMILES string of the molecule is CCCCCCCC(=O)CCc1ccc(O)c(C=O)c1. The van der Waals surface area contributed by atoms with Crippen molar-refractivity contribution in [3.63, 3.8) is 0 Å². The highest BCUT2D eigenvalue weighted by Gasteiger charge is 2.05. The van der Waals surface area contributed by atoms with Crippen molar-refractivity contribution in [3.05, 3.63) is 29.3 Å². The number of unbranched alkanes of at least 4 members (excludes halogenated alkanes) is 4. The lowest BCUT2D eigenvalue weighted by atomic mass is 10.0. The van der Waals surface area contributed by atoms with Gasteiger partial charge in [-0.2, -0.15) is 0 Å². The van der Waals surface area contributed by atoms with E-state index in [1.54, 1.807) is 12.1 Å². The number of carbonyl (C=O) groups excluding carboxylic acids is 2. The van der Waals surface area contributed by atoms with Crippen molar-refractivity contribution in [1.82, 2.24) is 0 Å². The van der Waals surface area contributed by atoms with Gasteiger partial charge in [0.05, 0.1) is 5.56 Å². The van der Waals surface area contributed by atoms with Crippen LogP contribution in [0.25, 0.3) is 0 Å². The number of aryl methyl sites for hydroxylation is 1. The molecule has 0 aliphatic heterocycles. The molecule has 0 spiro atoms. The fourth-order valence-electron chi connectivity index (χ4n) is 2.19. The fourth-order valence-corrected chi connectivity index (χ4v) is 2.19. The molecule has 110 valence electrons. The van der Waals surface area contributed by atoms with Crippen molar-refractivity contribution >= 4 is 12.1 Å². The predicted molar refractivity (Wildman–Crippen MR) is 80.2 cm³/mol. The van der Waals surface area contributed by atoms with Gasteiger partial charge in [0, 0.05) is 12.8 Å². The van der Waals surface area contributed by atoms with E-state index >= 15 is 0 Å². The summed E-state index contributed by atoms with van der Waals surface area (Å²) >= 11 is 0. The van der Waals surface area contributed by atoms with Gasteiger partial charge in [0.1, 0.15) is 11.5 Å². The molecule has 0 aromatic heterocycles. The summed E-state index contributed by atoms with van der Waals surface area (Å²) in [5, 5.41) is 9.40. The van der Waals surface area contributed by atoms with Crippen LogP contribution in [0.2, 0.25) is 0 Å². The van der Waals surface area contributed by atoms with Gasteiger partial charge in [-0.15, -0.1) is 0 Å². The molecule has 3 heteroatoms. The Bertz CT molecular complexity index is 438. The molecule has 0 saturated carbocycles. The standard InChI is InChI=1S/C17H24O3/c1-2-3-4-5-6-7-16(19)10-8-14-9-11-17(20)15(12-14)13-18/h9,11-13,20H,2-8,10H2,1H3. The number of carbonyl (C=O) groups is 2. The Morgan fingerprint density at radius 3 is 2.60 bits per heavy atom. The van der Waals surface area contributed by atoms with Gasteiger partial charge in [-0.05, 0) is 30.5 Å². The minimum Gasteiger partial charge on any atom is -0.507 e. The van der Waals surface area contributed by atoms with E-state index in [0.717, 1.165) is 18.4 Å². The molecular formula is C17H24O3. The predicted octanol–water partition coefficient (Wildman–Crippen LogP) is 4.07. The van der Waals surface area contributed by atoms with Crippen LogP contribution in [0.5, 0.6) is 5.75 Å². The second kappa shape index (κ2) is 9.29. The van der Waals surface area contributed by atoms with Crippen LogP contribution in [0.3, 0.4) is 0 Å². The van der Waals surface area contributed by atoms with Crippen LogP contribution in [0, 0.1) is 0 Å². The van der Waals surface area contributed by atoms with E-state index in [0.29, 0.717) is 25.5 Å². The first-order valence-electron chi connectivity index (χ1n) is 7.46. The van der Waals surface area contributed by atoms with Crippen LogP contribution in [0.1, 0.15) is 67.8 Å². The topological polar surface area (TPSA) is 54.4 Å². The number of aldehydes is 1. The molecule has 0 aliphatic rings. The Hall–Kier alpha value is -1.64. The van der Waals surface area contributed by atoms with Crippen LogP contribution < -0.4 is 0 Å². The minimum absolute atomic E-state index is 0.00833. The molecule has 20 heavy (non-hydrogen) atoms. The molecule has 0 atom stereocenters. The summed E-state index contributed by atoms with van der Waals surface area (Å²) in [6, 6.07) is 4.92. The molecule has 1 rings (SSSR count). The monoisotopic (exact) mass is 276 g/mol. The third kappa shape index (κ3) is 6.00. The largest absolute Gasteiger partial charge is 0.507 e. The summed E-state index contributed by atoms with van der Waals surface area (Å²) in [6.07, 6.45) is 8.22. The van der Waals surface area contributed by atoms with Crippen molar-refractivity contribution < 1.29 is 14.7 Å². The second-order valence-corrected chi connectivity index (χ2v) is 5.21. The first-order chi connectivity index (χ1) is 9.67. The molecule has 1 N–H and O–H groups in total. The van der Waals surface area contributed by atoms with E-state index < -0.39 is 0 Å². The number of phenolic OH excluding ortho intramolecular Hbond substituents is 1. The maximum Gasteiger partial charge on any atom is 0.153 e. The summed E-state index contributed by atoms with van der Waals surface area (Å²) in [7, 11) is 0. The van der Waals surface area contributed by atoms with E-state index in [4.69, 9.17) is 0 Å². The molecule has 1 aromatic rings. The van der Waals surface area contributed by atoms with Gasteiger partial charge in [0.2, 0.25) is 0 Å². The maximum atomic E-state index is 11.8. The molecule has 0 heterocycles. The first kappa shape index (κ1) is 16.4. The second-order valence-electron chi connectivity index (χ2n) is 5.21. The fraction of sp³-hybridized carbons (Fsp3) is 0.529. The Morgan fingerprint density at radius 1 is 1.15 bits per heavy atom. The van der Waals surface area contributed by atoms with Crippen molar-refractivity contribution in [2.24, 2.45) is 0 Å². The smallest absolute Gasteiger partial charge is 0.153 e. The molecule has 1 aromatic carbocycles. The van der Waals surface area contributed by atoms with Crippen molar-refractivity contribution in [2.75, 3.05) is 0 Å². The molecule has 0 amide bonds. The van der Waals surface area contributed by atoms with Gasteiger partial charge in [-0.1, -0.05) is 38.7 Å². The maximum absolute atomic E-state index is 11.8. The van der Waals surface area contributed by atoms with Crippen LogP contribution in [0.4, 0.5) is 0 Å². The van der Waals surface area contributed by atoms with Gasteiger partial charge >= 0.3 is 0 Å². The Labute approximate surface area is 121 Å². The van der Waals surface area contributed by atoms with Crippen LogP contribution >= 0.6 is 0 Å². The van der Waals surface area contributed by atoms with E-state index in [2.05, 4.69) is 6.92 Å². The van der Waals surface area contributed by atoms with E-state index in [-0.39, 0.29) is 17.1 Å². The van der Waals surface area contributed by atoms with Gasteiger partial charge in [0.25, 0.3) is 0 Å². The van der Waals surface area contributed by atoms with E-state index in [1.165, 1.54) is 25.3 Å². The normalized spacial score (nSPS) is 10.4. The highest BCUT2D eigenvalue weighted by Crippen LogP contribution is 2.17. The summed E-state index contributed by atoms with van der Waals surface area (Å²) in [5.74, 6) is 0.272. The quantitative estimate of drug-likeness (QED) is 0.518. The van der Waals surface area contributed by atoms with Crippen LogP contribution in [-0.2, 0) is 11.2 Å². The first-order valence-corrected chi connectivity index (χ1v) is 7.46. The summed E-state index contributed by atoms with van der Waals surface area (Å²) < 4.78 is 0. The number of ketones is 1. The Kier molecular flexibility index (Phi) is 7.63. The number of hydrogen-bond acceptors (Lipinski definition) is 3. The number of rotatable bonds is 10. The van der Waals surface area contributed by atoms with Gasteiger partial charge in [-0.25, -0.2) is 0 Å². The lowest BCUT2D eigenvalue weighted by Crippen LogP contribution is -2.00.